The van der Waals surface area contributed by atoms with E-state index < -0.39 is 0 Å². The molecule has 3 unspecified atom stereocenters. The van der Waals surface area contributed by atoms with Crippen LogP contribution in [0.1, 0.15) is 53.4 Å². The van der Waals surface area contributed by atoms with Gasteiger partial charge in [0.15, 0.2) is 0 Å². The van der Waals surface area contributed by atoms with E-state index in [9.17, 15) is 0 Å². The molecule has 118 valence electrons. The standard InChI is InChI=1S/C17H34N2O/c1-14(12-16-13-20-11-8-18-16)19-9-5-6-15(7-10-19)17(2,3)4/h14-16,18H,5-13H2,1-4H3. The van der Waals surface area contributed by atoms with Crippen molar-refractivity contribution in [2.75, 3.05) is 32.8 Å². The third-order valence-electron chi connectivity index (χ3n) is 5.23. The predicted octanol–water partition coefficient (Wildman–Crippen LogP) is 2.90. The molecule has 2 saturated heterocycles. The molecule has 1 N–H and O–H groups in total. The van der Waals surface area contributed by atoms with Crippen LogP contribution in [0.4, 0.5) is 0 Å². The van der Waals surface area contributed by atoms with Crippen LogP contribution in [0.25, 0.3) is 0 Å². The van der Waals surface area contributed by atoms with Gasteiger partial charge in [-0.3, -0.25) is 0 Å². The first-order valence-corrected chi connectivity index (χ1v) is 8.52. The molecule has 0 amide bonds. The van der Waals surface area contributed by atoms with Gasteiger partial charge < -0.3 is 15.0 Å². The molecule has 3 heteroatoms. The van der Waals surface area contributed by atoms with Gasteiger partial charge in [-0.25, -0.2) is 0 Å². The molecule has 3 atom stereocenters. The number of rotatable bonds is 3. The quantitative estimate of drug-likeness (QED) is 0.861. The lowest BCUT2D eigenvalue weighted by molar-refractivity contribution is 0.0618. The Bertz CT molecular complexity index is 281. The molecule has 2 fully saturated rings. The van der Waals surface area contributed by atoms with Crippen LogP contribution < -0.4 is 5.32 Å². The fourth-order valence-corrected chi connectivity index (χ4v) is 3.76. The van der Waals surface area contributed by atoms with Gasteiger partial charge >= 0.3 is 0 Å². The number of hydrogen-bond acceptors (Lipinski definition) is 3. The van der Waals surface area contributed by atoms with Crippen molar-refractivity contribution in [3.63, 3.8) is 0 Å². The van der Waals surface area contributed by atoms with Crippen LogP contribution >= 0.6 is 0 Å². The van der Waals surface area contributed by atoms with Crippen molar-refractivity contribution in [3.8, 4) is 0 Å². The van der Waals surface area contributed by atoms with Crippen molar-refractivity contribution in [2.24, 2.45) is 11.3 Å². The van der Waals surface area contributed by atoms with Gasteiger partial charge in [-0.2, -0.15) is 0 Å². The monoisotopic (exact) mass is 282 g/mol. The Balaban J connectivity index is 1.80. The summed E-state index contributed by atoms with van der Waals surface area (Å²) in [5, 5.41) is 3.59. The summed E-state index contributed by atoms with van der Waals surface area (Å²) in [4.78, 5) is 2.71. The first-order valence-electron chi connectivity index (χ1n) is 8.52. The van der Waals surface area contributed by atoms with Crippen molar-refractivity contribution in [1.82, 2.24) is 10.2 Å². The fraction of sp³-hybridized carbons (Fsp3) is 1.00. The number of morpholine rings is 1. The normalized spacial score (nSPS) is 31.8. The maximum atomic E-state index is 5.58. The predicted molar refractivity (Wildman–Crippen MR) is 85.1 cm³/mol. The van der Waals surface area contributed by atoms with Crippen LogP contribution in [0, 0.1) is 11.3 Å². The molecule has 3 nitrogen and oxygen atoms in total. The van der Waals surface area contributed by atoms with Crippen molar-refractivity contribution >= 4 is 0 Å². The molecule has 2 aliphatic rings. The Morgan fingerprint density at radius 2 is 2.05 bits per heavy atom. The Hall–Kier alpha value is -0.120. The number of ether oxygens (including phenoxy) is 1. The van der Waals surface area contributed by atoms with E-state index in [0.717, 1.165) is 25.7 Å². The SMILES string of the molecule is CC(CC1COCCN1)N1CCCC(C(C)(C)C)CC1. The molecule has 2 rings (SSSR count). The minimum absolute atomic E-state index is 0.470. The summed E-state index contributed by atoms with van der Waals surface area (Å²) in [7, 11) is 0. The lowest BCUT2D eigenvalue weighted by Gasteiger charge is -2.33. The van der Waals surface area contributed by atoms with Crippen molar-refractivity contribution in [1.29, 1.82) is 0 Å². The Morgan fingerprint density at radius 3 is 2.70 bits per heavy atom. The summed E-state index contributed by atoms with van der Waals surface area (Å²) in [5.74, 6) is 0.885. The van der Waals surface area contributed by atoms with E-state index in [2.05, 4.69) is 37.9 Å². The summed E-state index contributed by atoms with van der Waals surface area (Å²) in [6.07, 6.45) is 5.35. The highest BCUT2D eigenvalue weighted by molar-refractivity contribution is 4.83. The second-order valence-corrected chi connectivity index (χ2v) is 7.84. The number of likely N-dealkylation sites (tertiary alicyclic amines) is 1. The molecule has 0 bridgehead atoms. The highest BCUT2D eigenvalue weighted by Crippen LogP contribution is 2.34. The molecule has 0 aliphatic carbocycles. The topological polar surface area (TPSA) is 24.5 Å². The third-order valence-corrected chi connectivity index (χ3v) is 5.23. The Morgan fingerprint density at radius 1 is 1.25 bits per heavy atom. The maximum Gasteiger partial charge on any atom is 0.0620 e. The van der Waals surface area contributed by atoms with E-state index >= 15 is 0 Å². The van der Waals surface area contributed by atoms with Gasteiger partial charge in [0.1, 0.15) is 0 Å². The van der Waals surface area contributed by atoms with E-state index in [0.29, 0.717) is 17.5 Å². The second kappa shape index (κ2) is 7.24. The molecule has 0 saturated carbocycles. The second-order valence-electron chi connectivity index (χ2n) is 7.84. The molecule has 0 aromatic rings. The minimum Gasteiger partial charge on any atom is -0.379 e. The Labute approximate surface area is 125 Å². The Kier molecular flexibility index (Phi) is 5.88. The zero-order chi connectivity index (χ0) is 14.6. The lowest BCUT2D eigenvalue weighted by atomic mass is 9.77. The van der Waals surface area contributed by atoms with Crippen LogP contribution in [-0.2, 0) is 4.74 Å². The summed E-state index contributed by atoms with van der Waals surface area (Å²) in [6, 6.07) is 1.23. The van der Waals surface area contributed by atoms with E-state index in [1.807, 2.05) is 0 Å². The molecule has 20 heavy (non-hydrogen) atoms. The van der Waals surface area contributed by atoms with E-state index in [1.54, 1.807) is 0 Å². The summed E-state index contributed by atoms with van der Waals surface area (Å²) < 4.78 is 5.58. The van der Waals surface area contributed by atoms with Gasteiger partial charge in [0.25, 0.3) is 0 Å². The smallest absolute Gasteiger partial charge is 0.0620 e. The van der Waals surface area contributed by atoms with Crippen molar-refractivity contribution in [2.45, 2.75) is 65.5 Å². The number of hydrogen-bond donors (Lipinski definition) is 1. The average Bonchev–Trinajstić information content (AvgIpc) is 2.65. The van der Waals surface area contributed by atoms with Gasteiger partial charge in [0.2, 0.25) is 0 Å². The van der Waals surface area contributed by atoms with Crippen LogP contribution in [0.5, 0.6) is 0 Å². The van der Waals surface area contributed by atoms with Gasteiger partial charge in [-0.15, -0.1) is 0 Å². The third kappa shape index (κ3) is 4.71. The largest absolute Gasteiger partial charge is 0.379 e. The van der Waals surface area contributed by atoms with Crippen LogP contribution in [0.2, 0.25) is 0 Å². The molecular weight excluding hydrogens is 248 g/mol. The zero-order valence-corrected chi connectivity index (χ0v) is 14.0. The molecule has 0 aromatic carbocycles. The highest BCUT2D eigenvalue weighted by Gasteiger charge is 2.29. The van der Waals surface area contributed by atoms with E-state index in [4.69, 9.17) is 4.74 Å². The van der Waals surface area contributed by atoms with Crippen LogP contribution in [-0.4, -0.2) is 49.8 Å². The highest BCUT2D eigenvalue weighted by atomic mass is 16.5. The summed E-state index contributed by atoms with van der Waals surface area (Å²) in [6.45, 7) is 14.9. The van der Waals surface area contributed by atoms with Crippen molar-refractivity contribution < 1.29 is 4.74 Å². The van der Waals surface area contributed by atoms with Crippen LogP contribution in [0.3, 0.4) is 0 Å². The lowest BCUT2D eigenvalue weighted by Crippen LogP contribution is -2.46. The maximum absolute atomic E-state index is 5.58. The van der Waals surface area contributed by atoms with E-state index in [1.165, 1.54) is 38.8 Å². The first-order chi connectivity index (χ1) is 9.47. The number of nitrogens with one attached hydrogen (secondary N) is 1. The van der Waals surface area contributed by atoms with Crippen molar-refractivity contribution in [3.05, 3.63) is 0 Å². The minimum atomic E-state index is 0.470. The van der Waals surface area contributed by atoms with Gasteiger partial charge in [0.05, 0.1) is 13.2 Å². The first kappa shape index (κ1) is 16.3. The van der Waals surface area contributed by atoms with Gasteiger partial charge in [-0.05, 0) is 57.0 Å². The zero-order valence-electron chi connectivity index (χ0n) is 14.0. The van der Waals surface area contributed by atoms with E-state index in [-0.39, 0.29) is 0 Å². The molecule has 0 spiro atoms. The number of nitrogens with zero attached hydrogens (tertiary/aromatic N) is 1. The van der Waals surface area contributed by atoms with Crippen LogP contribution in [0.15, 0.2) is 0 Å². The molecule has 2 heterocycles. The molecule has 0 aromatic heterocycles. The van der Waals surface area contributed by atoms with Gasteiger partial charge in [0, 0.05) is 18.6 Å². The summed E-state index contributed by atoms with van der Waals surface area (Å²) >= 11 is 0. The van der Waals surface area contributed by atoms with Gasteiger partial charge in [-0.1, -0.05) is 20.8 Å². The molecular formula is C17H34N2O. The molecule has 2 aliphatic heterocycles. The fourth-order valence-electron chi connectivity index (χ4n) is 3.76. The molecule has 0 radical (unpaired) electrons. The average molecular weight is 282 g/mol. The summed E-state index contributed by atoms with van der Waals surface area (Å²) in [5.41, 5.74) is 0.470.